The minimum atomic E-state index is 0.0545. The lowest BCUT2D eigenvalue weighted by molar-refractivity contribution is 0.0981. The van der Waals surface area contributed by atoms with Gasteiger partial charge in [-0.1, -0.05) is 24.3 Å². The van der Waals surface area contributed by atoms with Gasteiger partial charge in [0.2, 0.25) is 0 Å². The molecule has 0 aliphatic carbocycles. The second-order valence-electron chi connectivity index (χ2n) is 3.70. The zero-order chi connectivity index (χ0) is 12.1. The summed E-state index contributed by atoms with van der Waals surface area (Å²) in [5.41, 5.74) is 1.20. The van der Waals surface area contributed by atoms with Gasteiger partial charge in [-0.05, 0) is 0 Å². The topological polar surface area (TPSA) is 62.8 Å². The minimum absolute atomic E-state index is 0.0545. The van der Waals surface area contributed by atoms with Gasteiger partial charge in [0.15, 0.2) is 5.78 Å². The lowest BCUT2D eigenvalue weighted by atomic mass is 10.1. The summed E-state index contributed by atoms with van der Waals surface area (Å²) in [5.74, 6) is 0.863. The summed E-state index contributed by atoms with van der Waals surface area (Å²) in [6.07, 6.45) is 5.17. The van der Waals surface area contributed by atoms with Crippen LogP contribution in [0.3, 0.4) is 0 Å². The minimum Gasteiger partial charge on any atom is -0.349 e. The van der Waals surface area contributed by atoms with Crippen molar-refractivity contribution in [3.63, 3.8) is 0 Å². The zero-order valence-corrected chi connectivity index (χ0v) is 9.22. The van der Waals surface area contributed by atoms with Crippen molar-refractivity contribution in [2.75, 3.05) is 0 Å². The van der Waals surface area contributed by atoms with Crippen LogP contribution in [0.5, 0.6) is 0 Å². The molecule has 1 N–H and O–H groups in total. The molecule has 1 aromatic carbocycles. The van der Waals surface area contributed by atoms with Crippen molar-refractivity contribution < 1.29 is 9.59 Å². The number of aromatic amines is 1. The Hall–Kier alpha value is -2.23. The molecular weight excluding hydrogens is 216 g/mol. The van der Waals surface area contributed by atoms with Crippen molar-refractivity contribution in [1.29, 1.82) is 0 Å². The van der Waals surface area contributed by atoms with Crippen molar-refractivity contribution in [3.8, 4) is 0 Å². The molecule has 0 spiro atoms. The Labute approximate surface area is 98.7 Å². The highest BCUT2D eigenvalue weighted by atomic mass is 16.1. The number of carbonyl (C=O) groups excluding carboxylic acids is 2. The number of aryl methyl sites for hydroxylation is 1. The number of aldehydes is 1. The van der Waals surface area contributed by atoms with Crippen molar-refractivity contribution in [2.24, 2.45) is 0 Å². The van der Waals surface area contributed by atoms with Gasteiger partial charge in [-0.25, -0.2) is 4.98 Å². The Morgan fingerprint density at radius 2 is 2.06 bits per heavy atom. The molecule has 0 aliphatic heterocycles. The van der Waals surface area contributed by atoms with Crippen molar-refractivity contribution in [3.05, 3.63) is 53.6 Å². The second kappa shape index (κ2) is 5.21. The maximum Gasteiger partial charge on any atom is 0.163 e. The number of hydrogen-bond acceptors (Lipinski definition) is 3. The fraction of sp³-hybridized carbons (Fsp3) is 0.154. The number of H-pyrrole nitrogens is 1. The van der Waals surface area contributed by atoms with Crippen LogP contribution in [0.1, 0.15) is 33.0 Å². The van der Waals surface area contributed by atoms with E-state index >= 15 is 0 Å². The number of nitrogens with zero attached hydrogens (tertiary/aromatic N) is 1. The van der Waals surface area contributed by atoms with Gasteiger partial charge in [-0.3, -0.25) is 9.59 Å². The second-order valence-corrected chi connectivity index (χ2v) is 3.70. The molecule has 1 heterocycles. The molecule has 0 radical (unpaired) electrons. The van der Waals surface area contributed by atoms with Gasteiger partial charge in [0.25, 0.3) is 0 Å². The van der Waals surface area contributed by atoms with E-state index in [1.807, 2.05) is 0 Å². The summed E-state index contributed by atoms with van der Waals surface area (Å²) in [7, 11) is 0. The largest absolute Gasteiger partial charge is 0.349 e. The molecule has 0 atom stereocenters. The number of nitrogens with one attached hydrogen (secondary N) is 1. The van der Waals surface area contributed by atoms with E-state index in [0.29, 0.717) is 24.0 Å². The van der Waals surface area contributed by atoms with Gasteiger partial charge in [0.05, 0.1) is 0 Å². The standard InChI is InChI=1S/C13H12N2O2/c16-9-10-1-3-11(4-2-10)12(17)5-6-13-14-7-8-15-13/h1-4,7-9H,5-6H2,(H,14,15). The highest BCUT2D eigenvalue weighted by Crippen LogP contribution is 2.07. The van der Waals surface area contributed by atoms with E-state index in [1.165, 1.54) is 0 Å². The third-order valence-corrected chi connectivity index (χ3v) is 2.51. The lowest BCUT2D eigenvalue weighted by Crippen LogP contribution is -2.02. The first-order valence-corrected chi connectivity index (χ1v) is 5.36. The Bertz CT molecular complexity index is 501. The maximum atomic E-state index is 11.8. The van der Waals surface area contributed by atoms with E-state index in [2.05, 4.69) is 9.97 Å². The lowest BCUT2D eigenvalue weighted by Gasteiger charge is -2.00. The summed E-state index contributed by atoms with van der Waals surface area (Å²) in [6.45, 7) is 0. The van der Waals surface area contributed by atoms with Gasteiger partial charge >= 0.3 is 0 Å². The molecule has 0 fully saturated rings. The predicted molar refractivity (Wildman–Crippen MR) is 63.1 cm³/mol. The average molecular weight is 228 g/mol. The van der Waals surface area contributed by atoms with Gasteiger partial charge < -0.3 is 4.98 Å². The number of ketones is 1. The van der Waals surface area contributed by atoms with Crippen LogP contribution in [0, 0.1) is 0 Å². The van der Waals surface area contributed by atoms with Crippen LogP contribution in [-0.4, -0.2) is 22.0 Å². The third-order valence-electron chi connectivity index (χ3n) is 2.51. The van der Waals surface area contributed by atoms with E-state index in [-0.39, 0.29) is 5.78 Å². The van der Waals surface area contributed by atoms with E-state index in [9.17, 15) is 9.59 Å². The van der Waals surface area contributed by atoms with Crippen LogP contribution in [0.15, 0.2) is 36.7 Å². The summed E-state index contributed by atoms with van der Waals surface area (Å²) < 4.78 is 0. The Morgan fingerprint density at radius 1 is 1.29 bits per heavy atom. The molecule has 0 saturated carbocycles. The molecule has 17 heavy (non-hydrogen) atoms. The number of Topliss-reactive ketones (excluding diaryl/α,β-unsaturated/α-hetero) is 1. The highest BCUT2D eigenvalue weighted by Gasteiger charge is 2.06. The first-order valence-electron chi connectivity index (χ1n) is 5.36. The molecule has 0 amide bonds. The van der Waals surface area contributed by atoms with Crippen molar-refractivity contribution in [1.82, 2.24) is 9.97 Å². The Morgan fingerprint density at radius 3 is 2.65 bits per heavy atom. The van der Waals surface area contributed by atoms with Gasteiger partial charge in [-0.15, -0.1) is 0 Å². The van der Waals surface area contributed by atoms with Crippen molar-refractivity contribution in [2.45, 2.75) is 12.8 Å². The molecule has 0 saturated heterocycles. The molecular formula is C13H12N2O2. The van der Waals surface area contributed by atoms with Gasteiger partial charge in [0.1, 0.15) is 12.1 Å². The SMILES string of the molecule is O=Cc1ccc(C(=O)CCc2ncc[nH]2)cc1. The highest BCUT2D eigenvalue weighted by molar-refractivity contribution is 5.96. The summed E-state index contributed by atoms with van der Waals surface area (Å²) in [5, 5.41) is 0. The van der Waals surface area contributed by atoms with Gasteiger partial charge in [0, 0.05) is 36.4 Å². The molecule has 2 rings (SSSR count). The molecule has 4 heteroatoms. The molecule has 1 aromatic heterocycles. The molecule has 0 bridgehead atoms. The van der Waals surface area contributed by atoms with Crippen LogP contribution in [-0.2, 0) is 6.42 Å². The summed E-state index contributed by atoms with van der Waals surface area (Å²) >= 11 is 0. The Kier molecular flexibility index (Phi) is 3.45. The van der Waals surface area contributed by atoms with Crippen LogP contribution < -0.4 is 0 Å². The first kappa shape index (κ1) is 11.3. The monoisotopic (exact) mass is 228 g/mol. The fourth-order valence-electron chi connectivity index (χ4n) is 1.56. The van der Waals surface area contributed by atoms with E-state index in [4.69, 9.17) is 0 Å². The molecule has 4 nitrogen and oxygen atoms in total. The number of aromatic nitrogens is 2. The molecule has 86 valence electrons. The summed E-state index contributed by atoms with van der Waals surface area (Å²) in [6, 6.07) is 6.64. The van der Waals surface area contributed by atoms with E-state index in [0.717, 1.165) is 12.1 Å². The molecule has 0 unspecified atom stereocenters. The number of rotatable bonds is 5. The average Bonchev–Trinajstić information content (AvgIpc) is 2.89. The van der Waals surface area contributed by atoms with E-state index < -0.39 is 0 Å². The fourth-order valence-corrected chi connectivity index (χ4v) is 1.56. The number of hydrogen-bond donors (Lipinski definition) is 1. The quantitative estimate of drug-likeness (QED) is 0.629. The normalized spacial score (nSPS) is 10.1. The Balaban J connectivity index is 1.97. The molecule has 0 aliphatic rings. The third kappa shape index (κ3) is 2.87. The predicted octanol–water partition coefficient (Wildman–Crippen LogP) is 2.04. The first-order chi connectivity index (χ1) is 8.29. The number of benzene rings is 1. The van der Waals surface area contributed by atoms with Gasteiger partial charge in [-0.2, -0.15) is 0 Å². The molecule has 2 aromatic rings. The van der Waals surface area contributed by atoms with Crippen LogP contribution >= 0.6 is 0 Å². The van der Waals surface area contributed by atoms with Crippen molar-refractivity contribution >= 4 is 12.1 Å². The summed E-state index contributed by atoms with van der Waals surface area (Å²) in [4.78, 5) is 29.3. The van der Waals surface area contributed by atoms with Crippen LogP contribution in [0.2, 0.25) is 0 Å². The zero-order valence-electron chi connectivity index (χ0n) is 9.22. The number of carbonyl (C=O) groups is 2. The van der Waals surface area contributed by atoms with Crippen LogP contribution in [0.4, 0.5) is 0 Å². The van der Waals surface area contributed by atoms with Crippen LogP contribution in [0.25, 0.3) is 0 Å². The van der Waals surface area contributed by atoms with E-state index in [1.54, 1.807) is 36.7 Å². The maximum absolute atomic E-state index is 11.8. The smallest absolute Gasteiger partial charge is 0.163 e. The number of imidazole rings is 1.